The van der Waals surface area contributed by atoms with Gasteiger partial charge in [0.15, 0.2) is 0 Å². The minimum atomic E-state index is -3.72. The first-order valence-electron chi connectivity index (χ1n) is 5.41. The van der Waals surface area contributed by atoms with Crippen molar-refractivity contribution in [3.05, 3.63) is 6.20 Å². The van der Waals surface area contributed by atoms with E-state index < -0.39 is 10.0 Å². The Morgan fingerprint density at radius 1 is 1.56 bits per heavy atom. The monoisotopic (exact) mass is 275 g/mol. The number of nitrogens with two attached hydrogens (primary N) is 1. The Morgan fingerprint density at radius 3 is 2.72 bits per heavy atom. The van der Waals surface area contributed by atoms with Gasteiger partial charge in [-0.1, -0.05) is 0 Å². The number of amides is 1. The van der Waals surface area contributed by atoms with Crippen LogP contribution in [0.2, 0.25) is 0 Å². The van der Waals surface area contributed by atoms with Crippen LogP contribution in [-0.2, 0) is 14.8 Å². The number of anilines is 1. The lowest BCUT2D eigenvalue weighted by molar-refractivity contribution is -0.121. The zero-order valence-corrected chi connectivity index (χ0v) is 11.0. The summed E-state index contributed by atoms with van der Waals surface area (Å²) in [6.45, 7) is 3.66. The van der Waals surface area contributed by atoms with Crippen LogP contribution < -0.4 is 15.8 Å². The number of nitrogens with one attached hydrogen (secondary N) is 3. The fourth-order valence-electron chi connectivity index (χ4n) is 1.27. The van der Waals surface area contributed by atoms with Crippen molar-refractivity contribution in [3.63, 3.8) is 0 Å². The van der Waals surface area contributed by atoms with Crippen LogP contribution in [0.1, 0.15) is 20.3 Å². The molecular formula is C9H17N5O3S. The van der Waals surface area contributed by atoms with Crippen molar-refractivity contribution in [2.45, 2.75) is 31.2 Å². The van der Waals surface area contributed by atoms with Crippen molar-refractivity contribution in [2.75, 3.05) is 12.3 Å². The maximum Gasteiger partial charge on any atom is 0.245 e. The van der Waals surface area contributed by atoms with Crippen LogP contribution in [-0.4, -0.2) is 37.1 Å². The number of hydrogen-bond donors (Lipinski definition) is 4. The summed E-state index contributed by atoms with van der Waals surface area (Å²) in [5.74, 6) is -0.248. The van der Waals surface area contributed by atoms with Gasteiger partial charge in [0.25, 0.3) is 0 Å². The predicted molar refractivity (Wildman–Crippen MR) is 66.1 cm³/mol. The van der Waals surface area contributed by atoms with Gasteiger partial charge in [0, 0.05) is 19.0 Å². The number of aromatic amines is 1. The highest BCUT2D eigenvalue weighted by Gasteiger charge is 2.19. The van der Waals surface area contributed by atoms with Gasteiger partial charge < -0.3 is 11.1 Å². The van der Waals surface area contributed by atoms with Crippen LogP contribution in [0.3, 0.4) is 0 Å². The van der Waals surface area contributed by atoms with Gasteiger partial charge in [-0.3, -0.25) is 9.89 Å². The Balaban J connectivity index is 2.49. The van der Waals surface area contributed by atoms with Crippen LogP contribution >= 0.6 is 0 Å². The van der Waals surface area contributed by atoms with E-state index in [9.17, 15) is 13.2 Å². The predicted octanol–water partition coefficient (Wildman–Crippen LogP) is -0.815. The minimum Gasteiger partial charge on any atom is -0.383 e. The molecule has 8 nitrogen and oxygen atoms in total. The first-order valence-corrected chi connectivity index (χ1v) is 6.89. The second-order valence-electron chi connectivity index (χ2n) is 4.02. The molecule has 18 heavy (non-hydrogen) atoms. The van der Waals surface area contributed by atoms with Crippen molar-refractivity contribution in [3.8, 4) is 0 Å². The molecule has 1 heterocycles. The third kappa shape index (κ3) is 4.00. The van der Waals surface area contributed by atoms with Crippen LogP contribution in [0.25, 0.3) is 0 Å². The maximum absolute atomic E-state index is 11.7. The Labute approximate surface area is 105 Å². The molecule has 0 aliphatic carbocycles. The van der Waals surface area contributed by atoms with Crippen LogP contribution in [0, 0.1) is 0 Å². The molecule has 0 unspecified atom stereocenters. The number of carbonyl (C=O) groups is 1. The van der Waals surface area contributed by atoms with Gasteiger partial charge in [-0.25, -0.2) is 13.1 Å². The molecule has 9 heteroatoms. The molecule has 1 amide bonds. The highest BCUT2D eigenvalue weighted by Crippen LogP contribution is 2.13. The molecule has 1 aromatic heterocycles. The molecule has 1 aromatic rings. The molecule has 0 aromatic carbocycles. The van der Waals surface area contributed by atoms with Crippen LogP contribution in [0.5, 0.6) is 0 Å². The van der Waals surface area contributed by atoms with Crippen molar-refractivity contribution < 1.29 is 13.2 Å². The number of carbonyl (C=O) groups excluding carboxylic acids is 1. The molecular weight excluding hydrogens is 258 g/mol. The number of nitrogens with zero attached hydrogens (tertiary/aromatic N) is 1. The van der Waals surface area contributed by atoms with E-state index in [0.29, 0.717) is 0 Å². The fraction of sp³-hybridized carbons (Fsp3) is 0.556. The average Bonchev–Trinajstić information content (AvgIpc) is 2.63. The molecule has 0 aliphatic rings. The third-order valence-corrected chi connectivity index (χ3v) is 3.50. The van der Waals surface area contributed by atoms with Gasteiger partial charge in [-0.15, -0.1) is 0 Å². The molecule has 102 valence electrons. The van der Waals surface area contributed by atoms with Gasteiger partial charge in [0.05, 0.1) is 6.20 Å². The summed E-state index contributed by atoms with van der Waals surface area (Å²) in [6, 6.07) is 0.0265. The van der Waals surface area contributed by atoms with E-state index in [1.807, 2.05) is 13.8 Å². The van der Waals surface area contributed by atoms with E-state index in [1.54, 1.807) is 0 Å². The number of rotatable bonds is 6. The quantitative estimate of drug-likeness (QED) is 0.539. The molecule has 0 atom stereocenters. The van der Waals surface area contributed by atoms with Crippen LogP contribution in [0.15, 0.2) is 11.1 Å². The third-order valence-electron chi connectivity index (χ3n) is 2.02. The van der Waals surface area contributed by atoms with Gasteiger partial charge in [0.2, 0.25) is 15.9 Å². The van der Waals surface area contributed by atoms with Crippen molar-refractivity contribution in [1.82, 2.24) is 20.2 Å². The van der Waals surface area contributed by atoms with Gasteiger partial charge in [-0.2, -0.15) is 5.10 Å². The van der Waals surface area contributed by atoms with Crippen molar-refractivity contribution in [1.29, 1.82) is 0 Å². The summed E-state index contributed by atoms with van der Waals surface area (Å²) >= 11 is 0. The highest BCUT2D eigenvalue weighted by atomic mass is 32.2. The van der Waals surface area contributed by atoms with E-state index in [0.717, 1.165) is 6.20 Å². The van der Waals surface area contributed by atoms with E-state index in [-0.39, 0.29) is 35.6 Å². The van der Waals surface area contributed by atoms with Gasteiger partial charge in [-0.05, 0) is 13.8 Å². The number of nitrogen functional groups attached to an aromatic ring is 1. The topological polar surface area (TPSA) is 130 Å². The number of H-pyrrole nitrogens is 1. The summed E-state index contributed by atoms with van der Waals surface area (Å²) in [5.41, 5.74) is 5.41. The van der Waals surface area contributed by atoms with E-state index in [1.165, 1.54) is 0 Å². The molecule has 0 spiro atoms. The first-order chi connectivity index (χ1) is 8.33. The Morgan fingerprint density at radius 2 is 2.22 bits per heavy atom. The van der Waals surface area contributed by atoms with Crippen molar-refractivity contribution >= 4 is 21.7 Å². The first kappa shape index (κ1) is 14.5. The number of sulfonamides is 1. The molecule has 0 saturated carbocycles. The SMILES string of the molecule is CC(C)NC(=O)CCNS(=O)(=O)c1cn[nH]c1N. The van der Waals surface area contributed by atoms with Gasteiger partial charge >= 0.3 is 0 Å². The number of hydrogen-bond acceptors (Lipinski definition) is 5. The molecule has 0 fully saturated rings. The highest BCUT2D eigenvalue weighted by molar-refractivity contribution is 7.89. The van der Waals surface area contributed by atoms with Crippen LogP contribution in [0.4, 0.5) is 5.82 Å². The Kier molecular flexibility index (Phi) is 4.68. The maximum atomic E-state index is 11.7. The summed E-state index contributed by atoms with van der Waals surface area (Å²) < 4.78 is 25.7. The van der Waals surface area contributed by atoms with E-state index >= 15 is 0 Å². The molecule has 1 rings (SSSR count). The lowest BCUT2D eigenvalue weighted by Crippen LogP contribution is -2.34. The molecule has 0 radical (unpaired) electrons. The van der Waals surface area contributed by atoms with E-state index in [2.05, 4.69) is 20.2 Å². The number of aromatic nitrogens is 2. The Hall–Kier alpha value is -1.61. The molecule has 0 aliphatic heterocycles. The average molecular weight is 275 g/mol. The summed E-state index contributed by atoms with van der Waals surface area (Å²) in [5, 5.41) is 8.51. The largest absolute Gasteiger partial charge is 0.383 e. The fourth-order valence-corrected chi connectivity index (χ4v) is 2.32. The zero-order chi connectivity index (χ0) is 13.8. The summed E-state index contributed by atoms with van der Waals surface area (Å²) in [6.07, 6.45) is 1.18. The summed E-state index contributed by atoms with van der Waals surface area (Å²) in [4.78, 5) is 11.2. The lowest BCUT2D eigenvalue weighted by atomic mass is 10.3. The molecule has 5 N–H and O–H groups in total. The standard InChI is InChI=1S/C9H17N5O3S/c1-6(2)13-8(15)3-4-12-18(16,17)7-5-11-14-9(7)10/h5-6,12H,3-4H2,1-2H3,(H,13,15)(H3,10,11,14). The summed E-state index contributed by atoms with van der Waals surface area (Å²) in [7, 11) is -3.72. The second-order valence-corrected chi connectivity index (χ2v) is 5.75. The minimum absolute atomic E-state index is 0.00546. The van der Waals surface area contributed by atoms with Gasteiger partial charge in [0.1, 0.15) is 10.7 Å². The zero-order valence-electron chi connectivity index (χ0n) is 10.2. The normalized spacial score (nSPS) is 11.7. The second kappa shape index (κ2) is 5.83. The van der Waals surface area contributed by atoms with E-state index in [4.69, 9.17) is 5.73 Å². The smallest absolute Gasteiger partial charge is 0.245 e. The van der Waals surface area contributed by atoms with Crippen molar-refractivity contribution in [2.24, 2.45) is 0 Å². The molecule has 0 saturated heterocycles. The Bertz CT molecular complexity index is 508. The molecule has 0 bridgehead atoms. The lowest BCUT2D eigenvalue weighted by Gasteiger charge is -2.08.